The fourth-order valence-corrected chi connectivity index (χ4v) is 1.93. The summed E-state index contributed by atoms with van der Waals surface area (Å²) in [5.74, 6) is -0.657. The summed E-state index contributed by atoms with van der Waals surface area (Å²) in [5, 5.41) is 10.1. The summed E-state index contributed by atoms with van der Waals surface area (Å²) in [6.07, 6.45) is 1.36. The van der Waals surface area contributed by atoms with Crippen molar-refractivity contribution in [3.8, 4) is 0 Å². The maximum Gasteiger partial charge on any atom is 0.293 e. The number of nitrogens with two attached hydrogens (primary N) is 1. The van der Waals surface area contributed by atoms with Gasteiger partial charge in [-0.15, -0.1) is 10.2 Å². The molecule has 100 valence electrons. The SMILES string of the molecule is Cn1c(N)nnc1SCC(=O)NC(=O)c1ccco1. The van der Waals surface area contributed by atoms with Crippen LogP contribution in [0.25, 0.3) is 0 Å². The van der Waals surface area contributed by atoms with Crippen LogP contribution in [0.15, 0.2) is 28.0 Å². The Morgan fingerprint density at radius 2 is 2.32 bits per heavy atom. The summed E-state index contributed by atoms with van der Waals surface area (Å²) in [4.78, 5) is 23.1. The van der Waals surface area contributed by atoms with Crippen LogP contribution in [0.4, 0.5) is 5.95 Å². The summed E-state index contributed by atoms with van der Waals surface area (Å²) in [6.45, 7) is 0. The smallest absolute Gasteiger partial charge is 0.293 e. The molecular weight excluding hydrogens is 270 g/mol. The number of imide groups is 1. The lowest BCUT2D eigenvalue weighted by Crippen LogP contribution is -2.31. The Kier molecular flexibility index (Phi) is 3.85. The summed E-state index contributed by atoms with van der Waals surface area (Å²) in [5.41, 5.74) is 5.50. The first kappa shape index (κ1) is 13.1. The molecule has 2 amide bonds. The molecule has 0 unspecified atom stereocenters. The van der Waals surface area contributed by atoms with Crippen molar-refractivity contribution < 1.29 is 14.0 Å². The molecule has 0 saturated carbocycles. The van der Waals surface area contributed by atoms with E-state index in [1.807, 2.05) is 0 Å². The van der Waals surface area contributed by atoms with Crippen molar-refractivity contribution >= 4 is 29.5 Å². The van der Waals surface area contributed by atoms with Crippen molar-refractivity contribution in [1.82, 2.24) is 20.1 Å². The molecule has 0 aliphatic rings. The molecule has 0 aliphatic heterocycles. The van der Waals surface area contributed by atoms with Crippen LogP contribution in [-0.2, 0) is 11.8 Å². The van der Waals surface area contributed by atoms with Gasteiger partial charge in [-0.05, 0) is 12.1 Å². The minimum Gasteiger partial charge on any atom is -0.459 e. The van der Waals surface area contributed by atoms with Gasteiger partial charge in [-0.2, -0.15) is 0 Å². The molecule has 0 bridgehead atoms. The van der Waals surface area contributed by atoms with E-state index in [0.29, 0.717) is 5.16 Å². The lowest BCUT2D eigenvalue weighted by molar-refractivity contribution is -0.117. The summed E-state index contributed by atoms with van der Waals surface area (Å²) < 4.78 is 6.42. The van der Waals surface area contributed by atoms with Gasteiger partial charge in [0, 0.05) is 7.05 Å². The summed E-state index contributed by atoms with van der Waals surface area (Å²) >= 11 is 1.13. The summed E-state index contributed by atoms with van der Waals surface area (Å²) in [6, 6.07) is 3.04. The maximum atomic E-state index is 11.6. The van der Waals surface area contributed by atoms with E-state index in [-0.39, 0.29) is 17.5 Å². The van der Waals surface area contributed by atoms with Crippen LogP contribution < -0.4 is 11.1 Å². The number of rotatable bonds is 4. The van der Waals surface area contributed by atoms with E-state index in [1.165, 1.54) is 12.3 Å². The molecule has 2 aromatic rings. The number of hydrogen-bond donors (Lipinski definition) is 2. The van der Waals surface area contributed by atoms with Crippen LogP contribution >= 0.6 is 11.8 Å². The Hall–Kier alpha value is -2.29. The largest absolute Gasteiger partial charge is 0.459 e. The number of nitrogen functional groups attached to an aromatic ring is 1. The third-order valence-electron chi connectivity index (χ3n) is 2.20. The third-order valence-corrected chi connectivity index (χ3v) is 3.22. The van der Waals surface area contributed by atoms with Gasteiger partial charge >= 0.3 is 0 Å². The van der Waals surface area contributed by atoms with Gasteiger partial charge in [0.05, 0.1) is 12.0 Å². The number of thioether (sulfide) groups is 1. The molecule has 0 aliphatic carbocycles. The number of hydrogen-bond acceptors (Lipinski definition) is 7. The van der Waals surface area contributed by atoms with Crippen LogP contribution in [0.2, 0.25) is 0 Å². The third kappa shape index (κ3) is 3.13. The van der Waals surface area contributed by atoms with Gasteiger partial charge in [0.1, 0.15) is 0 Å². The first-order chi connectivity index (χ1) is 9.08. The molecule has 8 nitrogen and oxygen atoms in total. The van der Waals surface area contributed by atoms with Gasteiger partial charge in [0.15, 0.2) is 10.9 Å². The molecule has 3 N–H and O–H groups in total. The highest BCUT2D eigenvalue weighted by molar-refractivity contribution is 7.99. The van der Waals surface area contributed by atoms with E-state index in [4.69, 9.17) is 10.2 Å². The normalized spacial score (nSPS) is 10.4. The predicted molar refractivity (Wildman–Crippen MR) is 67.3 cm³/mol. The monoisotopic (exact) mass is 281 g/mol. The Balaban J connectivity index is 1.85. The molecule has 2 heterocycles. The molecule has 0 radical (unpaired) electrons. The van der Waals surface area contributed by atoms with Gasteiger partial charge in [-0.1, -0.05) is 11.8 Å². The Morgan fingerprint density at radius 1 is 1.53 bits per heavy atom. The van der Waals surface area contributed by atoms with Crippen molar-refractivity contribution in [3.05, 3.63) is 24.2 Å². The fraction of sp³-hybridized carbons (Fsp3) is 0.200. The highest BCUT2D eigenvalue weighted by Crippen LogP contribution is 2.15. The first-order valence-corrected chi connectivity index (χ1v) is 6.22. The van der Waals surface area contributed by atoms with Crippen molar-refractivity contribution in [2.24, 2.45) is 7.05 Å². The highest BCUT2D eigenvalue weighted by atomic mass is 32.2. The van der Waals surface area contributed by atoms with Gasteiger partial charge in [-0.25, -0.2) is 0 Å². The summed E-state index contributed by atoms with van der Waals surface area (Å²) in [7, 11) is 1.68. The fourth-order valence-electron chi connectivity index (χ4n) is 1.21. The standard InChI is InChI=1S/C10H11N5O3S/c1-15-9(11)13-14-10(15)19-5-7(16)12-8(17)6-3-2-4-18-6/h2-4H,5H2,1H3,(H2,11,13)(H,12,16,17). The molecular formula is C10H11N5O3S. The maximum absolute atomic E-state index is 11.6. The van der Waals surface area contributed by atoms with Crippen LogP contribution in [0, 0.1) is 0 Å². The lowest BCUT2D eigenvalue weighted by atomic mass is 10.4. The number of nitrogens with one attached hydrogen (secondary N) is 1. The number of carbonyl (C=O) groups is 2. The molecule has 9 heteroatoms. The Labute approximate surface area is 112 Å². The van der Waals surface area contributed by atoms with E-state index >= 15 is 0 Å². The van der Waals surface area contributed by atoms with Gasteiger partial charge in [0.2, 0.25) is 11.9 Å². The van der Waals surface area contributed by atoms with E-state index in [0.717, 1.165) is 11.8 Å². The Bertz CT molecular complexity index is 592. The average Bonchev–Trinajstić information content (AvgIpc) is 3.00. The van der Waals surface area contributed by atoms with Crippen molar-refractivity contribution in [2.75, 3.05) is 11.5 Å². The first-order valence-electron chi connectivity index (χ1n) is 5.23. The average molecular weight is 281 g/mol. The van der Waals surface area contributed by atoms with Crippen molar-refractivity contribution in [2.45, 2.75) is 5.16 Å². The zero-order valence-corrected chi connectivity index (χ0v) is 10.8. The second-order valence-corrected chi connectivity index (χ2v) is 4.49. The lowest BCUT2D eigenvalue weighted by Gasteiger charge is -2.02. The molecule has 0 saturated heterocycles. The molecule has 0 aromatic carbocycles. The predicted octanol–water partition coefficient (Wildman–Crippen LogP) is 0.0390. The quantitative estimate of drug-likeness (QED) is 0.760. The molecule has 19 heavy (non-hydrogen) atoms. The minimum atomic E-state index is -0.576. The van der Waals surface area contributed by atoms with Crippen molar-refractivity contribution in [3.63, 3.8) is 0 Å². The topological polar surface area (TPSA) is 116 Å². The zero-order chi connectivity index (χ0) is 13.8. The van der Waals surface area contributed by atoms with E-state index in [1.54, 1.807) is 17.7 Å². The van der Waals surface area contributed by atoms with E-state index in [2.05, 4.69) is 15.5 Å². The second kappa shape index (κ2) is 5.57. The van der Waals surface area contributed by atoms with Crippen LogP contribution in [-0.4, -0.2) is 32.3 Å². The number of nitrogens with zero attached hydrogens (tertiary/aromatic N) is 3. The molecule has 2 aromatic heterocycles. The molecule has 0 spiro atoms. The molecule has 0 atom stereocenters. The number of aromatic nitrogens is 3. The molecule has 2 rings (SSSR count). The van der Waals surface area contributed by atoms with Crippen LogP contribution in [0.3, 0.4) is 0 Å². The Morgan fingerprint density at radius 3 is 2.89 bits per heavy atom. The van der Waals surface area contributed by atoms with Crippen LogP contribution in [0.5, 0.6) is 0 Å². The van der Waals surface area contributed by atoms with E-state index < -0.39 is 11.8 Å². The highest BCUT2D eigenvalue weighted by Gasteiger charge is 2.14. The zero-order valence-electron chi connectivity index (χ0n) is 9.99. The number of furan rings is 1. The number of carbonyl (C=O) groups excluding carboxylic acids is 2. The van der Waals surface area contributed by atoms with E-state index in [9.17, 15) is 9.59 Å². The number of amides is 2. The van der Waals surface area contributed by atoms with Gasteiger partial charge in [0.25, 0.3) is 5.91 Å². The minimum absolute atomic E-state index is 0.0262. The molecule has 0 fully saturated rings. The van der Waals surface area contributed by atoms with Crippen LogP contribution in [0.1, 0.15) is 10.6 Å². The van der Waals surface area contributed by atoms with Gasteiger partial charge in [-0.3, -0.25) is 19.5 Å². The van der Waals surface area contributed by atoms with Gasteiger partial charge < -0.3 is 10.2 Å². The second-order valence-electron chi connectivity index (χ2n) is 3.54. The number of anilines is 1. The van der Waals surface area contributed by atoms with Crippen molar-refractivity contribution in [1.29, 1.82) is 0 Å².